The molecule has 1 aromatic heterocycles. The SMILES string of the molecule is Cc1cc(C(N)=O)c(NC(C(C)C)C(F)(F)F)cc1C(=O)NC1C[C@H]2CC[C@@H](C1)N2c1ccc(C(=O)C2CC2)cn1. The Hall–Kier alpha value is -3.63. The number of amides is 2. The minimum Gasteiger partial charge on any atom is -0.373 e. The van der Waals surface area contributed by atoms with Crippen LogP contribution >= 0.6 is 0 Å². The van der Waals surface area contributed by atoms with Crippen LogP contribution in [0.4, 0.5) is 24.7 Å². The molecule has 1 saturated carbocycles. The van der Waals surface area contributed by atoms with Gasteiger partial charge < -0.3 is 21.3 Å². The van der Waals surface area contributed by atoms with Gasteiger partial charge in [-0.25, -0.2) is 4.98 Å². The molecule has 2 amide bonds. The van der Waals surface area contributed by atoms with Gasteiger partial charge in [-0.05, 0) is 81.2 Å². The number of fused-ring (bicyclic) bond motifs is 2. The maximum Gasteiger partial charge on any atom is 0.408 e. The van der Waals surface area contributed by atoms with Crippen molar-refractivity contribution in [3.8, 4) is 0 Å². The van der Waals surface area contributed by atoms with Gasteiger partial charge >= 0.3 is 6.18 Å². The highest BCUT2D eigenvalue weighted by Gasteiger charge is 2.43. The molecule has 11 heteroatoms. The zero-order valence-electron chi connectivity index (χ0n) is 23.4. The van der Waals surface area contributed by atoms with Crippen LogP contribution in [-0.2, 0) is 0 Å². The molecule has 5 rings (SSSR count). The molecule has 41 heavy (non-hydrogen) atoms. The monoisotopic (exact) mass is 571 g/mol. The molecule has 2 saturated heterocycles. The van der Waals surface area contributed by atoms with E-state index in [2.05, 4.69) is 20.5 Å². The van der Waals surface area contributed by atoms with Crippen molar-refractivity contribution >= 4 is 29.1 Å². The molecule has 2 unspecified atom stereocenters. The first-order chi connectivity index (χ1) is 19.3. The number of aromatic nitrogens is 1. The lowest BCUT2D eigenvalue weighted by Crippen LogP contribution is -2.51. The van der Waals surface area contributed by atoms with E-state index in [1.807, 2.05) is 12.1 Å². The van der Waals surface area contributed by atoms with Crippen molar-refractivity contribution in [1.82, 2.24) is 10.3 Å². The van der Waals surface area contributed by atoms with E-state index < -0.39 is 30.0 Å². The summed E-state index contributed by atoms with van der Waals surface area (Å²) >= 11 is 0. The summed E-state index contributed by atoms with van der Waals surface area (Å²) in [6.07, 6.45) is 2.29. The fraction of sp³-hybridized carbons (Fsp3) is 0.533. The second-order valence-corrected chi connectivity index (χ2v) is 12.0. The van der Waals surface area contributed by atoms with Crippen LogP contribution in [0.2, 0.25) is 0 Å². The molecule has 220 valence electrons. The number of nitrogens with zero attached hydrogens (tertiary/aromatic N) is 2. The molecule has 3 fully saturated rings. The van der Waals surface area contributed by atoms with Crippen LogP contribution in [0.1, 0.15) is 89.0 Å². The number of primary amides is 1. The number of rotatable bonds is 9. The second-order valence-electron chi connectivity index (χ2n) is 12.0. The van der Waals surface area contributed by atoms with Gasteiger partial charge in [-0.3, -0.25) is 14.4 Å². The highest BCUT2D eigenvalue weighted by atomic mass is 19.4. The normalized spacial score (nSPS) is 22.9. The Bertz CT molecular complexity index is 1330. The number of Topliss-reactive ketones (excluding diaryl/α,β-unsaturated/α-hetero) is 1. The fourth-order valence-corrected chi connectivity index (χ4v) is 6.27. The van der Waals surface area contributed by atoms with Gasteiger partial charge in [-0.15, -0.1) is 0 Å². The standard InChI is InChI=1S/C30H36F3N5O3/c1-15(2)27(30(31,32)33)37-24-13-22(16(3)10-23(24)28(34)40)29(41)36-19-11-20-7-8-21(12-19)38(20)25-9-6-18(14-35-25)26(39)17-4-5-17/h6,9-10,13-15,17,19-21,27,37H,4-5,7-8,11-12H2,1-3H3,(H2,34,40)(H,36,41)/t19?,20-,21+,27?. The number of anilines is 2. The van der Waals surface area contributed by atoms with E-state index in [4.69, 9.17) is 5.73 Å². The largest absolute Gasteiger partial charge is 0.408 e. The van der Waals surface area contributed by atoms with Crippen LogP contribution in [0.3, 0.4) is 0 Å². The van der Waals surface area contributed by atoms with Crippen LogP contribution in [-0.4, -0.2) is 52.9 Å². The first-order valence-corrected chi connectivity index (χ1v) is 14.2. The van der Waals surface area contributed by atoms with E-state index in [-0.39, 0.29) is 46.6 Å². The second kappa shape index (κ2) is 11.0. The number of alkyl halides is 3. The smallest absolute Gasteiger partial charge is 0.373 e. The summed E-state index contributed by atoms with van der Waals surface area (Å²) in [6.45, 7) is 4.48. The van der Waals surface area contributed by atoms with Crippen LogP contribution in [0.25, 0.3) is 0 Å². The Labute approximate surface area is 237 Å². The third-order valence-electron chi connectivity index (χ3n) is 8.52. The summed E-state index contributed by atoms with van der Waals surface area (Å²) in [5.41, 5.74) is 6.53. The number of piperidine rings is 1. The van der Waals surface area contributed by atoms with Crippen LogP contribution < -0.4 is 21.3 Å². The molecular weight excluding hydrogens is 535 g/mol. The first kappa shape index (κ1) is 28.9. The molecule has 3 aliphatic rings. The summed E-state index contributed by atoms with van der Waals surface area (Å²) in [7, 11) is 0. The molecule has 8 nitrogen and oxygen atoms in total. The maximum atomic E-state index is 13.7. The average Bonchev–Trinajstić information content (AvgIpc) is 3.71. The lowest BCUT2D eigenvalue weighted by atomic mass is 9.95. The quantitative estimate of drug-likeness (QED) is 0.365. The molecule has 4 N–H and O–H groups in total. The molecule has 3 heterocycles. The Morgan fingerprint density at radius 3 is 2.20 bits per heavy atom. The number of hydrogen-bond donors (Lipinski definition) is 3. The molecule has 1 aromatic carbocycles. The van der Waals surface area contributed by atoms with E-state index in [9.17, 15) is 27.6 Å². The Balaban J connectivity index is 1.30. The van der Waals surface area contributed by atoms with Crippen LogP contribution in [0.5, 0.6) is 0 Å². The van der Waals surface area contributed by atoms with Gasteiger partial charge in [0.25, 0.3) is 11.8 Å². The van der Waals surface area contributed by atoms with E-state index in [1.165, 1.54) is 26.0 Å². The Kier molecular flexibility index (Phi) is 7.74. The van der Waals surface area contributed by atoms with Gasteiger partial charge in [0, 0.05) is 47.1 Å². The number of pyridine rings is 1. The van der Waals surface area contributed by atoms with Crippen LogP contribution in [0.15, 0.2) is 30.5 Å². The molecule has 2 aliphatic heterocycles. The van der Waals surface area contributed by atoms with Crippen molar-refractivity contribution in [2.45, 2.75) is 89.6 Å². The third kappa shape index (κ3) is 6.04. The van der Waals surface area contributed by atoms with E-state index in [0.29, 0.717) is 24.0 Å². The summed E-state index contributed by atoms with van der Waals surface area (Å²) in [6, 6.07) is 4.71. The Morgan fingerprint density at radius 2 is 1.68 bits per heavy atom. The van der Waals surface area contributed by atoms with Crippen molar-refractivity contribution in [3.63, 3.8) is 0 Å². The predicted molar refractivity (Wildman–Crippen MR) is 149 cm³/mol. The van der Waals surface area contributed by atoms with Gasteiger partial charge in [-0.2, -0.15) is 13.2 Å². The predicted octanol–water partition coefficient (Wildman–Crippen LogP) is 5.01. The molecule has 0 spiro atoms. The van der Waals surface area contributed by atoms with Gasteiger partial charge in [0.05, 0.1) is 5.56 Å². The summed E-state index contributed by atoms with van der Waals surface area (Å²) in [5, 5.41) is 5.50. The number of ketones is 1. The zero-order chi connectivity index (χ0) is 29.6. The van der Waals surface area contributed by atoms with Gasteiger partial charge in [0.1, 0.15) is 11.9 Å². The van der Waals surface area contributed by atoms with Crippen molar-refractivity contribution in [3.05, 3.63) is 52.7 Å². The number of carbonyl (C=O) groups is 3. The first-order valence-electron chi connectivity index (χ1n) is 14.2. The number of nitrogens with one attached hydrogen (secondary N) is 2. The molecule has 2 bridgehead atoms. The third-order valence-corrected chi connectivity index (χ3v) is 8.52. The molecular formula is C30H36F3N5O3. The summed E-state index contributed by atoms with van der Waals surface area (Å²) in [4.78, 5) is 44.7. The Morgan fingerprint density at radius 1 is 1.02 bits per heavy atom. The fourth-order valence-electron chi connectivity index (χ4n) is 6.27. The van der Waals surface area contributed by atoms with Crippen molar-refractivity contribution in [2.75, 3.05) is 10.2 Å². The zero-order valence-corrected chi connectivity index (χ0v) is 23.4. The number of hydrogen-bond acceptors (Lipinski definition) is 6. The molecule has 2 aromatic rings. The average molecular weight is 572 g/mol. The minimum absolute atomic E-state index is 0.0994. The van der Waals surface area contributed by atoms with Crippen molar-refractivity contribution in [2.24, 2.45) is 17.6 Å². The molecule has 1 aliphatic carbocycles. The van der Waals surface area contributed by atoms with Crippen molar-refractivity contribution in [1.29, 1.82) is 0 Å². The van der Waals surface area contributed by atoms with Crippen molar-refractivity contribution < 1.29 is 27.6 Å². The summed E-state index contributed by atoms with van der Waals surface area (Å²) < 4.78 is 41.0. The number of carbonyl (C=O) groups excluding carboxylic acids is 3. The summed E-state index contributed by atoms with van der Waals surface area (Å²) in [5.74, 6) is -0.985. The topological polar surface area (TPSA) is 117 Å². The highest BCUT2D eigenvalue weighted by molar-refractivity contribution is 6.03. The van der Waals surface area contributed by atoms with E-state index in [1.54, 1.807) is 13.1 Å². The maximum absolute atomic E-state index is 13.7. The number of halogens is 3. The highest BCUT2D eigenvalue weighted by Crippen LogP contribution is 2.39. The van der Waals surface area contributed by atoms with Gasteiger partial charge in [0.15, 0.2) is 5.78 Å². The molecule has 0 radical (unpaired) electrons. The number of benzene rings is 1. The molecule has 4 atom stereocenters. The lowest BCUT2D eigenvalue weighted by Gasteiger charge is -2.40. The minimum atomic E-state index is -4.56. The van der Waals surface area contributed by atoms with Gasteiger partial charge in [-0.1, -0.05) is 13.8 Å². The van der Waals surface area contributed by atoms with E-state index >= 15 is 0 Å². The number of nitrogens with two attached hydrogens (primary N) is 1. The van der Waals surface area contributed by atoms with Gasteiger partial charge in [0.2, 0.25) is 0 Å². The van der Waals surface area contributed by atoms with Crippen LogP contribution in [0, 0.1) is 18.8 Å². The lowest BCUT2D eigenvalue weighted by molar-refractivity contribution is -0.150. The number of aryl methyl sites for hydroxylation is 1. The van der Waals surface area contributed by atoms with E-state index in [0.717, 1.165) is 31.5 Å².